The maximum atomic E-state index is 12.8. The van der Waals surface area contributed by atoms with Crippen LogP contribution in [0.3, 0.4) is 0 Å². The molecule has 0 bridgehead atoms. The third-order valence-electron chi connectivity index (χ3n) is 5.19. The number of aryl methyl sites for hydroxylation is 1. The summed E-state index contributed by atoms with van der Waals surface area (Å²) >= 11 is 4.53. The van der Waals surface area contributed by atoms with Crippen LogP contribution in [0.1, 0.15) is 39.7 Å². The zero-order valence-corrected chi connectivity index (χ0v) is 21.8. The first-order chi connectivity index (χ1) is 16.7. The van der Waals surface area contributed by atoms with Crippen LogP contribution in [-0.2, 0) is 16.0 Å². The van der Waals surface area contributed by atoms with Crippen molar-refractivity contribution >= 4 is 56.7 Å². The van der Waals surface area contributed by atoms with Crippen molar-refractivity contribution in [3.63, 3.8) is 0 Å². The number of anilines is 2. The van der Waals surface area contributed by atoms with Crippen molar-refractivity contribution in [3.8, 4) is 6.07 Å². The predicted octanol–water partition coefficient (Wildman–Crippen LogP) is 5.45. The number of carbonyl (C=O) groups is 3. The number of nitriles is 1. The van der Waals surface area contributed by atoms with E-state index in [4.69, 9.17) is 0 Å². The normalized spacial score (nSPS) is 10.4. The third-order valence-corrected chi connectivity index (χ3v) is 6.70. The number of hydrogen-bond donors (Lipinski definition) is 2. The standard InChI is InChI=1S/C26H23BrN4O3S/c1-15-22(12-24(33)18-4-6-19(27)7-5-18)16(2)29-26(23(15)13-28)35-14-25(34)31-21-10-8-20(9-11-21)30-17(3)32/h4-11H,12,14H2,1-3H3,(H,30,32)(H,31,34). The van der Waals surface area contributed by atoms with E-state index >= 15 is 0 Å². The number of Topliss-reactive ketones (excluding diaryl/α,β-unsaturated/α-hetero) is 1. The van der Waals surface area contributed by atoms with Crippen LogP contribution in [0, 0.1) is 25.2 Å². The van der Waals surface area contributed by atoms with Gasteiger partial charge in [-0.2, -0.15) is 5.26 Å². The number of halogens is 1. The molecule has 178 valence electrons. The highest BCUT2D eigenvalue weighted by molar-refractivity contribution is 9.10. The van der Waals surface area contributed by atoms with Gasteiger partial charge in [0.1, 0.15) is 11.1 Å². The summed E-state index contributed by atoms with van der Waals surface area (Å²) in [4.78, 5) is 40.9. The number of nitrogens with one attached hydrogen (secondary N) is 2. The van der Waals surface area contributed by atoms with E-state index in [1.54, 1.807) is 50.2 Å². The van der Waals surface area contributed by atoms with Crippen LogP contribution in [-0.4, -0.2) is 28.3 Å². The largest absolute Gasteiger partial charge is 0.326 e. The maximum Gasteiger partial charge on any atom is 0.234 e. The molecule has 0 radical (unpaired) electrons. The van der Waals surface area contributed by atoms with Crippen molar-refractivity contribution in [1.82, 2.24) is 4.98 Å². The van der Waals surface area contributed by atoms with Gasteiger partial charge < -0.3 is 10.6 Å². The number of rotatable bonds is 8. The van der Waals surface area contributed by atoms with Crippen molar-refractivity contribution in [2.75, 3.05) is 16.4 Å². The zero-order valence-electron chi connectivity index (χ0n) is 19.4. The van der Waals surface area contributed by atoms with Crippen molar-refractivity contribution < 1.29 is 14.4 Å². The molecular formula is C26H23BrN4O3S. The maximum absolute atomic E-state index is 12.8. The first-order valence-electron chi connectivity index (χ1n) is 10.7. The highest BCUT2D eigenvalue weighted by Gasteiger charge is 2.19. The number of pyridine rings is 1. The van der Waals surface area contributed by atoms with Crippen molar-refractivity contribution in [2.45, 2.75) is 32.2 Å². The molecule has 0 saturated heterocycles. The first-order valence-corrected chi connectivity index (χ1v) is 12.4. The molecule has 7 nitrogen and oxygen atoms in total. The molecule has 0 atom stereocenters. The molecule has 2 amide bonds. The van der Waals surface area contributed by atoms with Gasteiger partial charge in [0.15, 0.2) is 5.78 Å². The Labute approximate surface area is 216 Å². The first kappa shape index (κ1) is 26.1. The van der Waals surface area contributed by atoms with Crippen LogP contribution in [0.5, 0.6) is 0 Å². The average molecular weight is 551 g/mol. The second-order valence-corrected chi connectivity index (χ2v) is 9.67. The van der Waals surface area contributed by atoms with Crippen LogP contribution in [0.25, 0.3) is 0 Å². The summed E-state index contributed by atoms with van der Waals surface area (Å²) in [5, 5.41) is 15.7. The molecule has 1 heterocycles. The van der Waals surface area contributed by atoms with Gasteiger partial charge in [-0.25, -0.2) is 4.98 Å². The minimum Gasteiger partial charge on any atom is -0.326 e. The fourth-order valence-corrected chi connectivity index (χ4v) is 4.57. The second-order valence-electron chi connectivity index (χ2n) is 7.79. The molecule has 0 spiro atoms. The summed E-state index contributed by atoms with van der Waals surface area (Å²) in [7, 11) is 0. The van der Waals surface area contributed by atoms with E-state index in [2.05, 4.69) is 37.6 Å². The molecule has 0 aliphatic carbocycles. The Morgan fingerprint density at radius 3 is 2.17 bits per heavy atom. The SMILES string of the molecule is CC(=O)Nc1ccc(NC(=O)CSc2nc(C)c(CC(=O)c3ccc(Br)cc3)c(C)c2C#N)cc1. The van der Waals surface area contributed by atoms with Crippen molar-refractivity contribution in [2.24, 2.45) is 0 Å². The molecular weight excluding hydrogens is 528 g/mol. The summed E-state index contributed by atoms with van der Waals surface area (Å²) in [6, 6.07) is 16.1. The average Bonchev–Trinajstić information content (AvgIpc) is 2.81. The Morgan fingerprint density at radius 2 is 1.60 bits per heavy atom. The van der Waals surface area contributed by atoms with E-state index in [0.717, 1.165) is 10.0 Å². The molecule has 3 aromatic rings. The topological polar surface area (TPSA) is 112 Å². The Bertz CT molecular complexity index is 1320. The summed E-state index contributed by atoms with van der Waals surface area (Å²) < 4.78 is 0.891. The summed E-state index contributed by atoms with van der Waals surface area (Å²) in [5.41, 5.74) is 4.26. The van der Waals surface area contributed by atoms with Crippen LogP contribution in [0.4, 0.5) is 11.4 Å². The lowest BCUT2D eigenvalue weighted by molar-refractivity contribution is -0.114. The van der Waals surface area contributed by atoms with E-state index in [0.29, 0.717) is 38.8 Å². The number of benzene rings is 2. The quantitative estimate of drug-likeness (QED) is 0.285. The molecule has 9 heteroatoms. The zero-order chi connectivity index (χ0) is 25.5. The van der Waals surface area contributed by atoms with Crippen LogP contribution in [0.2, 0.25) is 0 Å². The molecule has 35 heavy (non-hydrogen) atoms. The summed E-state index contributed by atoms with van der Waals surface area (Å²) in [5.74, 6) is -0.421. The Morgan fingerprint density at radius 1 is 1.00 bits per heavy atom. The minimum atomic E-state index is -0.252. The number of amides is 2. The van der Waals surface area contributed by atoms with Gasteiger partial charge in [0.25, 0.3) is 0 Å². The molecule has 0 aliphatic rings. The minimum absolute atomic E-state index is 0.0568. The predicted molar refractivity (Wildman–Crippen MR) is 141 cm³/mol. The molecule has 3 rings (SSSR count). The second kappa shape index (κ2) is 11.8. The van der Waals surface area contributed by atoms with E-state index in [1.807, 2.05) is 12.1 Å². The highest BCUT2D eigenvalue weighted by atomic mass is 79.9. The van der Waals surface area contributed by atoms with Crippen LogP contribution < -0.4 is 10.6 Å². The number of ketones is 1. The molecule has 0 saturated carbocycles. The van der Waals surface area contributed by atoms with E-state index in [1.165, 1.54) is 18.7 Å². The van der Waals surface area contributed by atoms with Gasteiger partial charge in [-0.05, 0) is 61.4 Å². The van der Waals surface area contributed by atoms with Crippen LogP contribution in [0.15, 0.2) is 58.0 Å². The third kappa shape index (κ3) is 7.01. The van der Waals surface area contributed by atoms with Gasteiger partial charge in [0, 0.05) is 40.4 Å². The lowest BCUT2D eigenvalue weighted by Crippen LogP contribution is -2.15. The van der Waals surface area contributed by atoms with E-state index in [9.17, 15) is 19.6 Å². The van der Waals surface area contributed by atoms with Gasteiger partial charge >= 0.3 is 0 Å². The lowest BCUT2D eigenvalue weighted by Gasteiger charge is -2.14. The van der Waals surface area contributed by atoms with E-state index < -0.39 is 0 Å². The number of thioether (sulfide) groups is 1. The van der Waals surface area contributed by atoms with Gasteiger partial charge in [-0.1, -0.05) is 39.8 Å². The molecule has 0 aliphatic heterocycles. The molecule has 0 unspecified atom stereocenters. The Balaban J connectivity index is 1.69. The summed E-state index contributed by atoms with van der Waals surface area (Å²) in [6.45, 7) is 5.03. The number of hydrogen-bond acceptors (Lipinski definition) is 6. The van der Waals surface area contributed by atoms with Crippen molar-refractivity contribution in [1.29, 1.82) is 5.26 Å². The number of carbonyl (C=O) groups excluding carboxylic acids is 3. The number of nitrogens with zero attached hydrogens (tertiary/aromatic N) is 2. The molecule has 2 aromatic carbocycles. The highest BCUT2D eigenvalue weighted by Crippen LogP contribution is 2.28. The fourth-order valence-electron chi connectivity index (χ4n) is 3.42. The van der Waals surface area contributed by atoms with Gasteiger partial charge in [0.2, 0.25) is 11.8 Å². The Hall–Kier alpha value is -3.48. The Kier molecular flexibility index (Phi) is 8.79. The lowest BCUT2D eigenvalue weighted by atomic mass is 9.96. The smallest absolute Gasteiger partial charge is 0.234 e. The summed E-state index contributed by atoms with van der Waals surface area (Å²) in [6.07, 6.45) is 0.140. The van der Waals surface area contributed by atoms with Crippen molar-refractivity contribution in [3.05, 3.63) is 81.0 Å². The van der Waals surface area contributed by atoms with Gasteiger partial charge in [-0.3, -0.25) is 14.4 Å². The van der Waals surface area contributed by atoms with Gasteiger partial charge in [0.05, 0.1) is 11.3 Å². The monoisotopic (exact) mass is 550 g/mol. The molecule has 0 fully saturated rings. The fraction of sp³-hybridized carbons (Fsp3) is 0.192. The van der Waals surface area contributed by atoms with Crippen LogP contribution >= 0.6 is 27.7 Å². The van der Waals surface area contributed by atoms with Gasteiger partial charge in [-0.15, -0.1) is 0 Å². The molecule has 2 N–H and O–H groups in total. The number of aromatic nitrogens is 1. The molecule has 1 aromatic heterocycles. The van der Waals surface area contributed by atoms with E-state index in [-0.39, 0.29) is 29.8 Å².